The van der Waals surface area contributed by atoms with Crippen LogP contribution in [0.5, 0.6) is 5.75 Å². The maximum Gasteiger partial charge on any atom is 0.338 e. The van der Waals surface area contributed by atoms with Crippen molar-refractivity contribution in [3.05, 3.63) is 65.5 Å². The Morgan fingerprint density at radius 2 is 1.75 bits per heavy atom. The van der Waals surface area contributed by atoms with Crippen molar-refractivity contribution in [1.29, 1.82) is 0 Å². The molecule has 4 rings (SSSR count). The van der Waals surface area contributed by atoms with Crippen LogP contribution in [0.3, 0.4) is 0 Å². The van der Waals surface area contributed by atoms with Crippen LogP contribution >= 0.6 is 0 Å². The molecule has 1 saturated heterocycles. The first-order valence-electron chi connectivity index (χ1n) is 10.6. The number of morpholine rings is 1. The summed E-state index contributed by atoms with van der Waals surface area (Å²) < 4.78 is 21.5. The third-order valence-electron chi connectivity index (χ3n) is 5.23. The maximum absolute atomic E-state index is 12.4. The summed E-state index contributed by atoms with van der Waals surface area (Å²) in [6, 6.07) is 14.7. The summed E-state index contributed by atoms with van der Waals surface area (Å²) in [4.78, 5) is 19.0. The quantitative estimate of drug-likeness (QED) is 0.517. The molecule has 8 heteroatoms. The number of hydrogen-bond donors (Lipinski definition) is 0. The van der Waals surface area contributed by atoms with Crippen molar-refractivity contribution < 1.29 is 23.5 Å². The number of benzene rings is 2. The molecule has 32 heavy (non-hydrogen) atoms. The molecule has 0 amide bonds. The zero-order valence-electron chi connectivity index (χ0n) is 18.5. The van der Waals surface area contributed by atoms with E-state index in [0.717, 1.165) is 36.5 Å². The molecule has 0 aliphatic carbocycles. The Morgan fingerprint density at radius 3 is 2.41 bits per heavy atom. The highest BCUT2D eigenvalue weighted by Gasteiger charge is 2.22. The molecule has 0 saturated carbocycles. The Labute approximate surface area is 187 Å². The minimum Gasteiger partial charge on any atom is -0.497 e. The second kappa shape index (κ2) is 9.93. The van der Waals surface area contributed by atoms with Crippen LogP contribution in [-0.2, 0) is 22.6 Å². The second-order valence-electron chi connectivity index (χ2n) is 7.97. The van der Waals surface area contributed by atoms with Gasteiger partial charge in [-0.25, -0.2) is 4.79 Å². The molecular formula is C24H27N3O5. The minimum atomic E-state index is -0.430. The number of aromatic nitrogens is 2. The van der Waals surface area contributed by atoms with Gasteiger partial charge in [-0.05, 0) is 55.8 Å². The van der Waals surface area contributed by atoms with Gasteiger partial charge in [-0.1, -0.05) is 17.3 Å². The summed E-state index contributed by atoms with van der Waals surface area (Å²) in [5.41, 5.74) is 2.39. The number of methoxy groups -OCH3 is 1. The van der Waals surface area contributed by atoms with E-state index >= 15 is 0 Å². The summed E-state index contributed by atoms with van der Waals surface area (Å²) >= 11 is 0. The van der Waals surface area contributed by atoms with Gasteiger partial charge >= 0.3 is 5.97 Å². The number of esters is 1. The Hall–Kier alpha value is -3.23. The standard InChI is InChI=1S/C24H27N3O5/c1-16-12-27(13-17(2)31-16)14-18-4-6-20(7-5-18)24(28)30-15-22-25-23(32-26-22)19-8-10-21(29-3)11-9-19/h4-11,16-17H,12-15H2,1-3H3. The van der Waals surface area contributed by atoms with Crippen LogP contribution in [0.2, 0.25) is 0 Å². The topological polar surface area (TPSA) is 86.9 Å². The van der Waals surface area contributed by atoms with Gasteiger partial charge in [0, 0.05) is 25.2 Å². The van der Waals surface area contributed by atoms with Crippen LogP contribution in [0.15, 0.2) is 53.1 Å². The van der Waals surface area contributed by atoms with Gasteiger partial charge in [0.05, 0.1) is 24.9 Å². The van der Waals surface area contributed by atoms with Gasteiger partial charge in [-0.2, -0.15) is 4.98 Å². The van der Waals surface area contributed by atoms with Crippen LogP contribution in [0.1, 0.15) is 35.6 Å². The molecule has 3 aromatic rings. The molecule has 1 aromatic heterocycles. The van der Waals surface area contributed by atoms with Gasteiger partial charge in [-0.3, -0.25) is 4.90 Å². The van der Waals surface area contributed by atoms with E-state index in [0.29, 0.717) is 17.3 Å². The summed E-state index contributed by atoms with van der Waals surface area (Å²) in [6.07, 6.45) is 0.451. The predicted octanol–water partition coefficient (Wildman–Crippen LogP) is 3.71. The van der Waals surface area contributed by atoms with E-state index in [9.17, 15) is 4.79 Å². The van der Waals surface area contributed by atoms with Gasteiger partial charge in [-0.15, -0.1) is 0 Å². The molecule has 1 aliphatic heterocycles. The smallest absolute Gasteiger partial charge is 0.338 e. The highest BCUT2D eigenvalue weighted by atomic mass is 16.5. The summed E-state index contributed by atoms with van der Waals surface area (Å²) in [6.45, 7) is 6.74. The zero-order valence-corrected chi connectivity index (χ0v) is 18.5. The third-order valence-corrected chi connectivity index (χ3v) is 5.23. The SMILES string of the molecule is COc1ccc(-c2nc(COC(=O)c3ccc(CN4CC(C)OC(C)C4)cc3)no2)cc1. The highest BCUT2D eigenvalue weighted by molar-refractivity contribution is 5.89. The van der Waals surface area contributed by atoms with E-state index in [1.807, 2.05) is 36.4 Å². The first-order valence-corrected chi connectivity index (χ1v) is 10.6. The Kier molecular flexibility index (Phi) is 6.82. The van der Waals surface area contributed by atoms with Gasteiger partial charge in [0.1, 0.15) is 5.75 Å². The van der Waals surface area contributed by atoms with Gasteiger partial charge in [0.15, 0.2) is 6.61 Å². The minimum absolute atomic E-state index is 0.0657. The van der Waals surface area contributed by atoms with E-state index in [1.165, 1.54) is 0 Å². The van der Waals surface area contributed by atoms with Crippen LogP contribution < -0.4 is 4.74 Å². The molecule has 2 unspecified atom stereocenters. The van der Waals surface area contributed by atoms with Gasteiger partial charge in [0.2, 0.25) is 5.82 Å². The first-order chi connectivity index (χ1) is 15.5. The average molecular weight is 437 g/mol. The lowest BCUT2D eigenvalue weighted by Gasteiger charge is -2.35. The maximum atomic E-state index is 12.4. The predicted molar refractivity (Wildman–Crippen MR) is 117 cm³/mol. The molecule has 2 atom stereocenters. The lowest BCUT2D eigenvalue weighted by atomic mass is 10.1. The molecular weight excluding hydrogens is 410 g/mol. The lowest BCUT2D eigenvalue weighted by molar-refractivity contribution is -0.0704. The normalized spacial score (nSPS) is 19.0. The molecule has 1 aliphatic rings. The molecule has 0 N–H and O–H groups in total. The molecule has 0 radical (unpaired) electrons. The fourth-order valence-electron chi connectivity index (χ4n) is 3.79. The number of ether oxygens (including phenoxy) is 3. The number of carbonyl (C=O) groups is 1. The number of carbonyl (C=O) groups excluding carboxylic acids is 1. The Bertz CT molecular complexity index is 1020. The fraction of sp³-hybridized carbons (Fsp3) is 0.375. The van der Waals surface area contributed by atoms with Gasteiger partial charge < -0.3 is 18.7 Å². The van der Waals surface area contributed by atoms with Crippen LogP contribution in [-0.4, -0.2) is 53.4 Å². The first kappa shape index (κ1) is 22.0. The van der Waals surface area contributed by atoms with Crippen molar-refractivity contribution in [2.45, 2.75) is 39.2 Å². The number of rotatable bonds is 7. The Balaban J connectivity index is 1.30. The van der Waals surface area contributed by atoms with E-state index < -0.39 is 5.97 Å². The van der Waals surface area contributed by atoms with Crippen molar-refractivity contribution >= 4 is 5.97 Å². The van der Waals surface area contributed by atoms with E-state index in [-0.39, 0.29) is 18.8 Å². The molecule has 168 valence electrons. The van der Waals surface area contributed by atoms with Crippen molar-refractivity contribution in [2.75, 3.05) is 20.2 Å². The Morgan fingerprint density at radius 1 is 1.06 bits per heavy atom. The van der Waals surface area contributed by atoms with Crippen LogP contribution in [0, 0.1) is 0 Å². The largest absolute Gasteiger partial charge is 0.497 e. The van der Waals surface area contributed by atoms with Crippen molar-refractivity contribution in [1.82, 2.24) is 15.0 Å². The molecule has 0 bridgehead atoms. The van der Waals surface area contributed by atoms with E-state index in [4.69, 9.17) is 18.7 Å². The molecule has 8 nitrogen and oxygen atoms in total. The monoisotopic (exact) mass is 437 g/mol. The molecule has 0 spiro atoms. The van der Waals surface area contributed by atoms with Crippen molar-refractivity contribution in [3.8, 4) is 17.2 Å². The molecule has 2 aromatic carbocycles. The number of nitrogens with zero attached hydrogens (tertiary/aromatic N) is 3. The second-order valence-corrected chi connectivity index (χ2v) is 7.97. The zero-order chi connectivity index (χ0) is 22.5. The van der Waals surface area contributed by atoms with E-state index in [2.05, 4.69) is 28.9 Å². The average Bonchev–Trinajstić information content (AvgIpc) is 3.26. The van der Waals surface area contributed by atoms with Crippen molar-refractivity contribution in [3.63, 3.8) is 0 Å². The number of hydrogen-bond acceptors (Lipinski definition) is 8. The van der Waals surface area contributed by atoms with Crippen LogP contribution in [0.25, 0.3) is 11.5 Å². The summed E-state index contributed by atoms with van der Waals surface area (Å²) in [5.74, 6) is 0.967. The van der Waals surface area contributed by atoms with E-state index in [1.54, 1.807) is 19.2 Å². The summed E-state index contributed by atoms with van der Waals surface area (Å²) in [7, 11) is 1.60. The molecule has 2 heterocycles. The van der Waals surface area contributed by atoms with Crippen LogP contribution in [0.4, 0.5) is 0 Å². The van der Waals surface area contributed by atoms with Crippen molar-refractivity contribution in [2.24, 2.45) is 0 Å². The molecule has 1 fully saturated rings. The highest BCUT2D eigenvalue weighted by Crippen LogP contribution is 2.21. The lowest BCUT2D eigenvalue weighted by Crippen LogP contribution is -2.44. The third kappa shape index (κ3) is 5.52. The fourth-order valence-corrected chi connectivity index (χ4v) is 3.79. The van der Waals surface area contributed by atoms with Gasteiger partial charge in [0.25, 0.3) is 5.89 Å². The summed E-state index contributed by atoms with van der Waals surface area (Å²) in [5, 5.41) is 3.88.